The number of carbonyl (C=O) groups is 1. The van der Waals surface area contributed by atoms with Gasteiger partial charge in [0.15, 0.2) is 0 Å². The Morgan fingerprint density at radius 2 is 1.71 bits per heavy atom. The molecule has 0 saturated carbocycles. The molecule has 0 aliphatic carbocycles. The largest absolute Gasteiger partial charge is 0.399 e. The fourth-order valence-corrected chi connectivity index (χ4v) is 2.07. The van der Waals surface area contributed by atoms with Crippen LogP contribution >= 0.6 is 0 Å². The van der Waals surface area contributed by atoms with Crippen LogP contribution in [0.3, 0.4) is 0 Å². The van der Waals surface area contributed by atoms with Crippen molar-refractivity contribution in [2.45, 2.75) is 0 Å². The summed E-state index contributed by atoms with van der Waals surface area (Å²) in [6.07, 6.45) is 3.29. The Labute approximate surface area is 122 Å². The molecule has 3 nitrogen and oxygen atoms in total. The van der Waals surface area contributed by atoms with E-state index in [0.29, 0.717) is 11.4 Å². The third kappa shape index (κ3) is 2.98. The molecule has 0 atom stereocenters. The molecule has 0 radical (unpaired) electrons. The van der Waals surface area contributed by atoms with E-state index in [2.05, 4.69) is 4.98 Å². The Kier molecular flexibility index (Phi) is 3.48. The predicted octanol–water partition coefficient (Wildman–Crippen LogP) is 3.71. The zero-order valence-electron chi connectivity index (χ0n) is 11.4. The molecule has 0 fully saturated rings. The maximum atomic E-state index is 12.2. The van der Waals surface area contributed by atoms with Gasteiger partial charge < -0.3 is 5.73 Å². The number of ketones is 1. The minimum Gasteiger partial charge on any atom is -0.399 e. The second-order valence-electron chi connectivity index (χ2n) is 4.75. The van der Waals surface area contributed by atoms with E-state index in [9.17, 15) is 4.79 Å². The topological polar surface area (TPSA) is 56.0 Å². The number of anilines is 1. The lowest BCUT2D eigenvalue weighted by Gasteiger charge is -1.99. The summed E-state index contributed by atoms with van der Waals surface area (Å²) in [5.41, 5.74) is 8.53. The number of nitrogens with two attached hydrogens (primary N) is 1. The Bertz CT molecular complexity index is 820. The summed E-state index contributed by atoms with van der Waals surface area (Å²) in [5.74, 6) is -0.113. The molecule has 3 rings (SSSR count). The molecular weight excluding hydrogens is 260 g/mol. The predicted molar refractivity (Wildman–Crippen MR) is 86.0 cm³/mol. The molecule has 0 aliphatic heterocycles. The Balaban J connectivity index is 1.84. The maximum absolute atomic E-state index is 12.2. The number of fused-ring (bicyclic) bond motifs is 1. The monoisotopic (exact) mass is 274 g/mol. The molecular formula is C18H14N2O. The minimum atomic E-state index is -0.113. The van der Waals surface area contributed by atoms with Crippen LogP contribution in [-0.2, 0) is 0 Å². The minimum absolute atomic E-state index is 0.113. The molecule has 3 aromatic rings. The van der Waals surface area contributed by atoms with Gasteiger partial charge in [0.05, 0.1) is 5.52 Å². The Hall–Kier alpha value is -2.94. The second kappa shape index (κ2) is 5.59. The van der Waals surface area contributed by atoms with Gasteiger partial charge in [0.2, 0.25) is 5.78 Å². The zero-order valence-corrected chi connectivity index (χ0v) is 11.4. The van der Waals surface area contributed by atoms with Gasteiger partial charge in [-0.15, -0.1) is 0 Å². The summed E-state index contributed by atoms with van der Waals surface area (Å²) in [5, 5.41) is 1.02. The maximum Gasteiger partial charge on any atom is 0.204 e. The third-order valence-corrected chi connectivity index (χ3v) is 3.21. The van der Waals surface area contributed by atoms with Crippen LogP contribution in [0.4, 0.5) is 5.69 Å². The van der Waals surface area contributed by atoms with Crippen LogP contribution in [0.1, 0.15) is 16.1 Å². The molecule has 0 spiro atoms. The van der Waals surface area contributed by atoms with E-state index in [1.165, 1.54) is 6.08 Å². The summed E-state index contributed by atoms with van der Waals surface area (Å²) >= 11 is 0. The molecule has 1 heterocycles. The van der Waals surface area contributed by atoms with Crippen molar-refractivity contribution in [2.24, 2.45) is 0 Å². The van der Waals surface area contributed by atoms with Crippen LogP contribution in [0.5, 0.6) is 0 Å². The van der Waals surface area contributed by atoms with E-state index >= 15 is 0 Å². The second-order valence-corrected chi connectivity index (χ2v) is 4.75. The lowest BCUT2D eigenvalue weighted by molar-refractivity contribution is 0.104. The number of rotatable bonds is 3. The van der Waals surface area contributed by atoms with Gasteiger partial charge in [-0.05, 0) is 35.9 Å². The first-order chi connectivity index (χ1) is 10.2. The van der Waals surface area contributed by atoms with Gasteiger partial charge in [-0.1, -0.05) is 42.5 Å². The van der Waals surface area contributed by atoms with Crippen molar-refractivity contribution in [3.8, 4) is 0 Å². The summed E-state index contributed by atoms with van der Waals surface area (Å²) in [4.78, 5) is 16.5. The quantitative estimate of drug-likeness (QED) is 0.450. The van der Waals surface area contributed by atoms with E-state index in [0.717, 1.165) is 16.5 Å². The molecule has 0 amide bonds. The van der Waals surface area contributed by atoms with E-state index in [-0.39, 0.29) is 5.78 Å². The molecule has 0 bridgehead atoms. The zero-order chi connectivity index (χ0) is 14.7. The number of pyridine rings is 1. The van der Waals surface area contributed by atoms with Gasteiger partial charge in [-0.3, -0.25) is 4.79 Å². The molecule has 0 aliphatic rings. The average molecular weight is 274 g/mol. The van der Waals surface area contributed by atoms with Crippen molar-refractivity contribution in [2.75, 3.05) is 5.73 Å². The highest BCUT2D eigenvalue weighted by Crippen LogP contribution is 2.13. The highest BCUT2D eigenvalue weighted by molar-refractivity contribution is 6.06. The lowest BCUT2D eigenvalue weighted by atomic mass is 10.1. The summed E-state index contributed by atoms with van der Waals surface area (Å²) in [6, 6.07) is 18.7. The highest BCUT2D eigenvalue weighted by Gasteiger charge is 2.04. The van der Waals surface area contributed by atoms with Crippen molar-refractivity contribution in [3.63, 3.8) is 0 Å². The van der Waals surface area contributed by atoms with Crippen LogP contribution in [0.15, 0.2) is 66.7 Å². The number of para-hydroxylation sites is 1. The van der Waals surface area contributed by atoms with Crippen LogP contribution in [0, 0.1) is 0 Å². The third-order valence-electron chi connectivity index (χ3n) is 3.21. The van der Waals surface area contributed by atoms with Gasteiger partial charge in [-0.25, -0.2) is 4.98 Å². The van der Waals surface area contributed by atoms with Gasteiger partial charge in [0, 0.05) is 11.1 Å². The molecule has 2 aromatic carbocycles. The fraction of sp³-hybridized carbons (Fsp3) is 0. The van der Waals surface area contributed by atoms with Gasteiger partial charge >= 0.3 is 0 Å². The van der Waals surface area contributed by atoms with Gasteiger partial charge in [0.25, 0.3) is 0 Å². The normalized spacial score (nSPS) is 11.0. The number of aromatic nitrogens is 1. The number of allylic oxidation sites excluding steroid dienone is 1. The van der Waals surface area contributed by atoms with Gasteiger partial charge in [0.1, 0.15) is 5.69 Å². The van der Waals surface area contributed by atoms with E-state index in [1.54, 1.807) is 24.3 Å². The first-order valence-electron chi connectivity index (χ1n) is 6.66. The average Bonchev–Trinajstić information content (AvgIpc) is 2.53. The van der Waals surface area contributed by atoms with E-state index in [4.69, 9.17) is 5.73 Å². The smallest absolute Gasteiger partial charge is 0.204 e. The summed E-state index contributed by atoms with van der Waals surface area (Å²) in [7, 11) is 0. The number of hydrogen-bond acceptors (Lipinski definition) is 3. The summed E-state index contributed by atoms with van der Waals surface area (Å²) < 4.78 is 0. The van der Waals surface area contributed by atoms with E-state index in [1.807, 2.05) is 42.5 Å². The fourth-order valence-electron chi connectivity index (χ4n) is 2.07. The van der Waals surface area contributed by atoms with Crippen LogP contribution in [-0.4, -0.2) is 10.8 Å². The Morgan fingerprint density at radius 1 is 0.952 bits per heavy atom. The highest BCUT2D eigenvalue weighted by atomic mass is 16.1. The van der Waals surface area contributed by atoms with Crippen molar-refractivity contribution in [1.29, 1.82) is 0 Å². The van der Waals surface area contributed by atoms with Crippen LogP contribution < -0.4 is 5.73 Å². The van der Waals surface area contributed by atoms with Crippen LogP contribution in [0.2, 0.25) is 0 Å². The molecule has 3 heteroatoms. The lowest BCUT2D eigenvalue weighted by Crippen LogP contribution is -1.98. The van der Waals surface area contributed by atoms with Crippen LogP contribution in [0.25, 0.3) is 17.0 Å². The van der Waals surface area contributed by atoms with Crippen molar-refractivity contribution in [3.05, 3.63) is 78.0 Å². The van der Waals surface area contributed by atoms with Crippen molar-refractivity contribution < 1.29 is 4.79 Å². The molecule has 1 aromatic heterocycles. The standard InChI is InChI=1S/C18H14N2O/c19-15-9-5-13(6-10-15)7-12-18(21)17-11-8-14-3-1-2-4-16(14)20-17/h1-12H,19H2. The number of hydrogen-bond donors (Lipinski definition) is 1. The first kappa shape index (κ1) is 13.1. The number of benzene rings is 2. The number of carbonyl (C=O) groups excluding carboxylic acids is 1. The van der Waals surface area contributed by atoms with E-state index < -0.39 is 0 Å². The molecule has 0 unspecified atom stereocenters. The number of nitrogens with zero attached hydrogens (tertiary/aromatic N) is 1. The van der Waals surface area contributed by atoms with Crippen molar-refractivity contribution in [1.82, 2.24) is 4.98 Å². The molecule has 0 saturated heterocycles. The van der Waals surface area contributed by atoms with Gasteiger partial charge in [-0.2, -0.15) is 0 Å². The molecule has 21 heavy (non-hydrogen) atoms. The first-order valence-corrected chi connectivity index (χ1v) is 6.66. The summed E-state index contributed by atoms with van der Waals surface area (Å²) in [6.45, 7) is 0. The molecule has 102 valence electrons. The van der Waals surface area contributed by atoms with Crippen molar-refractivity contribution >= 4 is 28.4 Å². The number of nitrogen functional groups attached to an aromatic ring is 1. The SMILES string of the molecule is Nc1ccc(C=CC(=O)c2ccc3ccccc3n2)cc1. The molecule has 2 N–H and O–H groups in total. The Morgan fingerprint density at radius 3 is 2.52 bits per heavy atom.